The Labute approximate surface area is 189 Å². The summed E-state index contributed by atoms with van der Waals surface area (Å²) in [5.41, 5.74) is 7.02. The van der Waals surface area contributed by atoms with Crippen molar-refractivity contribution < 1.29 is 9.47 Å². The van der Waals surface area contributed by atoms with Crippen molar-refractivity contribution in [3.05, 3.63) is 35.9 Å². The van der Waals surface area contributed by atoms with Crippen LogP contribution in [0.15, 0.2) is 30.3 Å². The minimum atomic E-state index is -2.43. The minimum absolute atomic E-state index is 0.273. The van der Waals surface area contributed by atoms with Crippen LogP contribution in [0.1, 0.15) is 47.1 Å². The van der Waals surface area contributed by atoms with Gasteiger partial charge in [-0.15, -0.1) is 0 Å². The second-order valence-electron chi connectivity index (χ2n) is 10.3. The van der Waals surface area contributed by atoms with E-state index in [1.807, 2.05) is 0 Å². The Hall–Kier alpha value is -0.964. The van der Waals surface area contributed by atoms with E-state index >= 15 is 0 Å². The van der Waals surface area contributed by atoms with E-state index in [1.54, 1.807) is 7.11 Å². The van der Waals surface area contributed by atoms with Gasteiger partial charge in [0.05, 0.1) is 0 Å². The SMILES string of the molecule is COCOc1c[c]([Sn]([CH3])([CH3])[CH3])c2c(C#C[Si](C(C)C)(C(C)C)C(C)C)cccc2c1. The number of benzene rings is 2. The molecule has 0 spiro atoms. The Morgan fingerprint density at radius 1 is 0.933 bits per heavy atom. The molecule has 0 radical (unpaired) electrons. The predicted molar refractivity (Wildman–Crippen MR) is 137 cm³/mol. The number of ether oxygens (including phenoxy) is 2. The molecule has 2 aromatic carbocycles. The summed E-state index contributed by atoms with van der Waals surface area (Å²) in [5.74, 6) is 4.62. The van der Waals surface area contributed by atoms with E-state index in [1.165, 1.54) is 19.9 Å². The average Bonchev–Trinajstić information content (AvgIpc) is 2.64. The molecule has 2 rings (SSSR count). The molecule has 0 bridgehead atoms. The molecule has 0 N–H and O–H groups in total. The number of rotatable bonds is 7. The van der Waals surface area contributed by atoms with Crippen LogP contribution < -0.4 is 8.32 Å². The van der Waals surface area contributed by atoms with Gasteiger partial charge in [-0.25, -0.2) is 0 Å². The van der Waals surface area contributed by atoms with Gasteiger partial charge in [0.1, 0.15) is 0 Å². The standard InChI is InChI=1S/C23H31O2Si.3CH3.Sn/c1-17(2)26(18(3)4,19(5)6)14-13-20-9-8-10-21-15-22(25-16-24-7)11-12-23(20)21;;;;/h8-11,15,17-19H,16H2,1-7H3;3*1H3;. The first-order valence-electron chi connectivity index (χ1n) is 11.2. The third-order valence-electron chi connectivity index (χ3n) is 6.38. The molecule has 164 valence electrons. The monoisotopic (exact) mass is 532 g/mol. The summed E-state index contributed by atoms with van der Waals surface area (Å²) in [6.45, 7) is 14.5. The molecule has 4 heteroatoms. The molecule has 0 amide bonds. The third kappa shape index (κ3) is 5.26. The van der Waals surface area contributed by atoms with Crippen LogP contribution in [-0.4, -0.2) is 40.4 Å². The fourth-order valence-electron chi connectivity index (χ4n) is 4.91. The molecule has 0 fully saturated rings. The number of fused-ring (bicyclic) bond motifs is 1. The van der Waals surface area contributed by atoms with Crippen LogP contribution in [0.25, 0.3) is 10.8 Å². The predicted octanol–water partition coefficient (Wildman–Crippen LogP) is 6.94. The summed E-state index contributed by atoms with van der Waals surface area (Å²) in [5, 5.41) is 2.57. The number of methoxy groups -OCH3 is 1. The van der Waals surface area contributed by atoms with Crippen molar-refractivity contribution in [2.45, 2.75) is 73.0 Å². The topological polar surface area (TPSA) is 18.5 Å². The molecule has 0 unspecified atom stereocenters. The molecule has 0 aliphatic rings. The molecular formula is C26H40O2SiSn. The first-order valence-corrected chi connectivity index (χ1v) is 23.4. The van der Waals surface area contributed by atoms with E-state index in [4.69, 9.17) is 9.47 Å². The van der Waals surface area contributed by atoms with Crippen molar-refractivity contribution in [2.24, 2.45) is 0 Å². The van der Waals surface area contributed by atoms with Crippen LogP contribution in [0.4, 0.5) is 0 Å². The number of hydrogen-bond donors (Lipinski definition) is 0. The second-order valence-corrected chi connectivity index (χ2v) is 30.3. The summed E-state index contributed by atoms with van der Waals surface area (Å²) in [7, 11) is -0.115. The Kier molecular flexibility index (Phi) is 8.52. The van der Waals surface area contributed by atoms with Gasteiger partial charge in [-0.1, -0.05) is 0 Å². The zero-order valence-corrected chi connectivity index (χ0v) is 24.5. The summed E-state index contributed by atoms with van der Waals surface area (Å²) in [4.78, 5) is 7.38. The summed E-state index contributed by atoms with van der Waals surface area (Å²) in [6, 6.07) is 10.9. The van der Waals surface area contributed by atoms with Gasteiger partial charge in [-0.05, 0) is 0 Å². The third-order valence-corrected chi connectivity index (χ3v) is 18.4. The van der Waals surface area contributed by atoms with Crippen LogP contribution in [-0.2, 0) is 4.74 Å². The van der Waals surface area contributed by atoms with Gasteiger partial charge in [-0.2, -0.15) is 0 Å². The van der Waals surface area contributed by atoms with Crippen LogP contribution in [0, 0.1) is 11.5 Å². The van der Waals surface area contributed by atoms with Gasteiger partial charge < -0.3 is 0 Å². The molecule has 30 heavy (non-hydrogen) atoms. The molecule has 0 aliphatic carbocycles. The van der Waals surface area contributed by atoms with Crippen molar-refractivity contribution in [1.82, 2.24) is 0 Å². The van der Waals surface area contributed by atoms with E-state index in [0.29, 0.717) is 16.6 Å². The van der Waals surface area contributed by atoms with Crippen LogP contribution in [0.5, 0.6) is 5.75 Å². The molecule has 0 saturated heterocycles. The van der Waals surface area contributed by atoms with Crippen LogP contribution in [0.2, 0.25) is 31.4 Å². The van der Waals surface area contributed by atoms with Crippen molar-refractivity contribution >= 4 is 40.8 Å². The first-order chi connectivity index (χ1) is 13.9. The van der Waals surface area contributed by atoms with E-state index < -0.39 is 26.5 Å². The van der Waals surface area contributed by atoms with Gasteiger partial charge in [0.25, 0.3) is 0 Å². The van der Waals surface area contributed by atoms with E-state index in [0.717, 1.165) is 5.75 Å². The first kappa shape index (κ1) is 25.3. The zero-order chi connectivity index (χ0) is 22.7. The number of hydrogen-bond acceptors (Lipinski definition) is 2. The molecule has 0 heterocycles. The van der Waals surface area contributed by atoms with Crippen molar-refractivity contribution in [3.8, 4) is 17.2 Å². The normalized spacial score (nSPS) is 12.6. The van der Waals surface area contributed by atoms with Crippen molar-refractivity contribution in [2.75, 3.05) is 13.9 Å². The molecule has 2 aromatic rings. The second kappa shape index (κ2) is 10.1. The molecule has 0 atom stereocenters. The molecule has 2 nitrogen and oxygen atoms in total. The quantitative estimate of drug-likeness (QED) is 0.219. The van der Waals surface area contributed by atoms with Gasteiger partial charge in [0, 0.05) is 0 Å². The zero-order valence-electron chi connectivity index (χ0n) is 20.6. The summed E-state index contributed by atoms with van der Waals surface area (Å²) in [6.07, 6.45) is 0. The van der Waals surface area contributed by atoms with E-state index in [9.17, 15) is 0 Å². The van der Waals surface area contributed by atoms with Gasteiger partial charge in [0.2, 0.25) is 0 Å². The van der Waals surface area contributed by atoms with E-state index in [-0.39, 0.29) is 6.79 Å². The Morgan fingerprint density at radius 2 is 1.53 bits per heavy atom. The van der Waals surface area contributed by atoms with Crippen LogP contribution >= 0.6 is 0 Å². The van der Waals surface area contributed by atoms with Crippen molar-refractivity contribution in [3.63, 3.8) is 0 Å². The van der Waals surface area contributed by atoms with Gasteiger partial charge in [0.15, 0.2) is 0 Å². The average molecular weight is 531 g/mol. The Morgan fingerprint density at radius 3 is 2.03 bits per heavy atom. The Balaban J connectivity index is 2.77. The fourth-order valence-corrected chi connectivity index (χ4v) is 14.7. The molecular weight excluding hydrogens is 491 g/mol. The summed E-state index contributed by atoms with van der Waals surface area (Å²) >= 11 is -2.43. The van der Waals surface area contributed by atoms with Crippen LogP contribution in [0.3, 0.4) is 0 Å². The fraction of sp³-hybridized carbons (Fsp3) is 0.538. The molecule has 0 aliphatic heterocycles. The Bertz CT molecular complexity index is 908. The molecule has 0 aromatic heterocycles. The van der Waals surface area contributed by atoms with E-state index in [2.05, 4.69) is 98.2 Å². The maximum absolute atomic E-state index is 5.83. The maximum atomic E-state index is 5.83. The van der Waals surface area contributed by atoms with Crippen molar-refractivity contribution in [1.29, 1.82) is 0 Å². The summed E-state index contributed by atoms with van der Waals surface area (Å²) < 4.78 is 12.4. The van der Waals surface area contributed by atoms with Gasteiger partial charge >= 0.3 is 190 Å². The van der Waals surface area contributed by atoms with Gasteiger partial charge in [-0.3, -0.25) is 0 Å². The molecule has 0 saturated carbocycles.